The SMILES string of the molecule is CC(=O)N[C@@H](CSc1ccc(Br)cn1)C(=O)O. The van der Waals surface area contributed by atoms with Gasteiger partial charge in [-0.2, -0.15) is 0 Å². The van der Waals surface area contributed by atoms with E-state index in [4.69, 9.17) is 5.11 Å². The molecule has 0 aromatic carbocycles. The molecule has 0 unspecified atom stereocenters. The van der Waals surface area contributed by atoms with E-state index in [-0.39, 0.29) is 11.7 Å². The number of nitrogens with one attached hydrogen (secondary N) is 1. The maximum Gasteiger partial charge on any atom is 0.327 e. The first-order valence-electron chi connectivity index (χ1n) is 4.73. The molecule has 0 spiro atoms. The van der Waals surface area contributed by atoms with Crippen LogP contribution < -0.4 is 5.32 Å². The lowest BCUT2D eigenvalue weighted by Crippen LogP contribution is -2.41. The number of thioether (sulfide) groups is 1. The molecule has 0 fully saturated rings. The molecule has 92 valence electrons. The Morgan fingerprint density at radius 3 is 2.76 bits per heavy atom. The Labute approximate surface area is 111 Å². The molecule has 17 heavy (non-hydrogen) atoms. The van der Waals surface area contributed by atoms with Crippen molar-refractivity contribution < 1.29 is 14.7 Å². The minimum Gasteiger partial charge on any atom is -0.480 e. The summed E-state index contributed by atoms with van der Waals surface area (Å²) in [5, 5.41) is 12.0. The number of carbonyl (C=O) groups excluding carboxylic acids is 1. The molecular formula is C10H11BrN2O3S. The average molecular weight is 319 g/mol. The van der Waals surface area contributed by atoms with Crippen LogP contribution in [0.4, 0.5) is 0 Å². The highest BCUT2D eigenvalue weighted by atomic mass is 79.9. The van der Waals surface area contributed by atoms with Crippen LogP contribution in [0.2, 0.25) is 0 Å². The van der Waals surface area contributed by atoms with Gasteiger partial charge in [-0.25, -0.2) is 9.78 Å². The van der Waals surface area contributed by atoms with E-state index < -0.39 is 12.0 Å². The molecule has 7 heteroatoms. The summed E-state index contributed by atoms with van der Waals surface area (Å²) in [6, 6.07) is 2.70. The Hall–Kier alpha value is -1.08. The van der Waals surface area contributed by atoms with Crippen LogP contribution in [0.25, 0.3) is 0 Å². The molecule has 0 aliphatic heterocycles. The second-order valence-electron chi connectivity index (χ2n) is 3.22. The molecule has 1 rings (SSSR count). The van der Waals surface area contributed by atoms with Crippen molar-refractivity contribution in [2.75, 3.05) is 5.75 Å². The van der Waals surface area contributed by atoms with Crippen molar-refractivity contribution in [3.63, 3.8) is 0 Å². The van der Waals surface area contributed by atoms with Crippen LogP contribution in [-0.4, -0.2) is 33.8 Å². The number of carboxylic acid groups (broad SMARTS) is 1. The molecule has 1 heterocycles. The van der Waals surface area contributed by atoms with E-state index in [9.17, 15) is 9.59 Å². The standard InChI is InChI=1S/C10H11BrN2O3S/c1-6(14)13-8(10(15)16)5-17-9-3-2-7(11)4-12-9/h2-4,8H,5H2,1H3,(H,13,14)(H,15,16)/t8-/m0/s1. The number of aliphatic carboxylic acids is 1. The number of nitrogens with zero attached hydrogens (tertiary/aromatic N) is 1. The van der Waals surface area contributed by atoms with Crippen LogP contribution in [-0.2, 0) is 9.59 Å². The van der Waals surface area contributed by atoms with Gasteiger partial charge in [0, 0.05) is 23.3 Å². The summed E-state index contributed by atoms with van der Waals surface area (Å²) in [6.45, 7) is 1.29. The van der Waals surface area contributed by atoms with Gasteiger partial charge >= 0.3 is 5.97 Å². The van der Waals surface area contributed by atoms with Crippen molar-refractivity contribution in [1.82, 2.24) is 10.3 Å². The number of pyridine rings is 1. The predicted octanol–water partition coefficient (Wildman–Crippen LogP) is 1.53. The number of carboxylic acids is 1. The largest absolute Gasteiger partial charge is 0.480 e. The van der Waals surface area contributed by atoms with E-state index in [1.165, 1.54) is 18.7 Å². The number of rotatable bonds is 5. The van der Waals surface area contributed by atoms with E-state index in [1.807, 2.05) is 6.07 Å². The number of hydrogen-bond donors (Lipinski definition) is 2. The molecular weight excluding hydrogens is 308 g/mol. The van der Waals surface area contributed by atoms with Gasteiger partial charge < -0.3 is 10.4 Å². The van der Waals surface area contributed by atoms with Gasteiger partial charge in [-0.1, -0.05) is 0 Å². The summed E-state index contributed by atoms with van der Waals surface area (Å²) in [5.74, 6) is -1.17. The van der Waals surface area contributed by atoms with E-state index >= 15 is 0 Å². The zero-order valence-electron chi connectivity index (χ0n) is 9.01. The monoisotopic (exact) mass is 318 g/mol. The average Bonchev–Trinajstić information content (AvgIpc) is 2.25. The summed E-state index contributed by atoms with van der Waals surface area (Å²) in [7, 11) is 0. The van der Waals surface area contributed by atoms with Gasteiger partial charge in [0.25, 0.3) is 0 Å². The van der Waals surface area contributed by atoms with E-state index in [1.54, 1.807) is 12.3 Å². The molecule has 0 saturated heterocycles. The summed E-state index contributed by atoms with van der Waals surface area (Å²) in [5.41, 5.74) is 0. The maximum atomic E-state index is 10.9. The highest BCUT2D eigenvalue weighted by Gasteiger charge is 2.18. The van der Waals surface area contributed by atoms with Gasteiger partial charge in [0.2, 0.25) is 5.91 Å². The van der Waals surface area contributed by atoms with Crippen LogP contribution >= 0.6 is 27.7 Å². The smallest absolute Gasteiger partial charge is 0.327 e. The highest BCUT2D eigenvalue weighted by Crippen LogP contribution is 2.18. The molecule has 2 N–H and O–H groups in total. The van der Waals surface area contributed by atoms with Crippen molar-refractivity contribution in [2.45, 2.75) is 18.0 Å². The fourth-order valence-corrected chi connectivity index (χ4v) is 2.13. The van der Waals surface area contributed by atoms with Gasteiger partial charge in [-0.3, -0.25) is 4.79 Å². The number of halogens is 1. The van der Waals surface area contributed by atoms with Crippen LogP contribution in [0.15, 0.2) is 27.8 Å². The normalized spacial score (nSPS) is 11.9. The van der Waals surface area contributed by atoms with Gasteiger partial charge in [-0.05, 0) is 28.1 Å². The predicted molar refractivity (Wildman–Crippen MR) is 67.9 cm³/mol. The summed E-state index contributed by atoms with van der Waals surface area (Å²) in [4.78, 5) is 25.8. The molecule has 0 aliphatic carbocycles. The van der Waals surface area contributed by atoms with Crippen molar-refractivity contribution in [1.29, 1.82) is 0 Å². The first-order chi connectivity index (χ1) is 7.99. The third-order valence-corrected chi connectivity index (χ3v) is 3.28. The Bertz CT molecular complexity index is 411. The molecule has 0 saturated carbocycles. The first kappa shape index (κ1) is 14.0. The van der Waals surface area contributed by atoms with Gasteiger partial charge in [0.1, 0.15) is 6.04 Å². The molecule has 0 aliphatic rings. The minimum absolute atomic E-state index is 0.240. The highest BCUT2D eigenvalue weighted by molar-refractivity contribution is 9.10. The van der Waals surface area contributed by atoms with Crippen molar-refractivity contribution >= 4 is 39.6 Å². The molecule has 0 radical (unpaired) electrons. The van der Waals surface area contributed by atoms with Crippen molar-refractivity contribution in [3.8, 4) is 0 Å². The van der Waals surface area contributed by atoms with Crippen molar-refractivity contribution in [3.05, 3.63) is 22.8 Å². The third-order valence-electron chi connectivity index (χ3n) is 1.77. The quantitative estimate of drug-likeness (QED) is 0.805. The van der Waals surface area contributed by atoms with Crippen LogP contribution in [0.1, 0.15) is 6.92 Å². The third kappa shape index (κ3) is 5.18. The Balaban J connectivity index is 2.54. The Morgan fingerprint density at radius 1 is 1.59 bits per heavy atom. The fraction of sp³-hybridized carbons (Fsp3) is 0.300. The lowest BCUT2D eigenvalue weighted by Gasteiger charge is -2.12. The Kier molecular flexibility index (Phi) is 5.43. The first-order valence-corrected chi connectivity index (χ1v) is 6.51. The Morgan fingerprint density at radius 2 is 2.29 bits per heavy atom. The number of aromatic nitrogens is 1. The minimum atomic E-state index is -1.05. The summed E-state index contributed by atoms with van der Waals surface area (Å²) >= 11 is 4.54. The van der Waals surface area contributed by atoms with E-state index in [0.29, 0.717) is 5.03 Å². The van der Waals surface area contributed by atoms with Gasteiger partial charge in [-0.15, -0.1) is 11.8 Å². The number of hydrogen-bond acceptors (Lipinski definition) is 4. The molecule has 1 amide bonds. The lowest BCUT2D eigenvalue weighted by molar-refractivity contribution is -0.140. The fourth-order valence-electron chi connectivity index (χ4n) is 1.04. The molecule has 1 atom stereocenters. The lowest BCUT2D eigenvalue weighted by atomic mass is 10.3. The molecule has 5 nitrogen and oxygen atoms in total. The number of amides is 1. The van der Waals surface area contributed by atoms with Gasteiger partial charge in [0.15, 0.2) is 0 Å². The van der Waals surface area contributed by atoms with Crippen LogP contribution in [0.3, 0.4) is 0 Å². The van der Waals surface area contributed by atoms with E-state index in [0.717, 1.165) is 4.47 Å². The van der Waals surface area contributed by atoms with E-state index in [2.05, 4.69) is 26.2 Å². The van der Waals surface area contributed by atoms with Gasteiger partial charge in [0.05, 0.1) is 5.03 Å². The second-order valence-corrected chi connectivity index (χ2v) is 5.17. The second kappa shape index (κ2) is 6.61. The molecule has 1 aromatic rings. The molecule has 1 aromatic heterocycles. The van der Waals surface area contributed by atoms with Crippen LogP contribution in [0, 0.1) is 0 Å². The van der Waals surface area contributed by atoms with Crippen LogP contribution in [0.5, 0.6) is 0 Å². The topological polar surface area (TPSA) is 79.3 Å². The summed E-state index contributed by atoms with van der Waals surface area (Å²) in [6.07, 6.45) is 1.64. The zero-order valence-corrected chi connectivity index (χ0v) is 11.4. The zero-order chi connectivity index (χ0) is 12.8. The van der Waals surface area contributed by atoms with Crippen molar-refractivity contribution in [2.24, 2.45) is 0 Å². The maximum absolute atomic E-state index is 10.9. The number of carbonyl (C=O) groups is 2. The molecule has 0 bridgehead atoms. The summed E-state index contributed by atoms with van der Waals surface area (Å²) < 4.78 is 0.860.